The standard InChI is InChI=1S/C26H37ClN4O2/c1-5-7-13-31-19(3)24(23(32)6-2)25(20(31)4)26(33)28-12-14-29-15-17-30(18-16-29)22-11-9-8-10-21(22)27/h8-11H,5-7,12-18H2,1-4H3,(H,28,33). The summed E-state index contributed by atoms with van der Waals surface area (Å²) in [7, 11) is 0. The zero-order chi connectivity index (χ0) is 24.0. The fraction of sp³-hybridized carbons (Fsp3) is 0.538. The average molecular weight is 473 g/mol. The number of rotatable bonds is 10. The van der Waals surface area contributed by atoms with Gasteiger partial charge in [-0.3, -0.25) is 14.5 Å². The van der Waals surface area contributed by atoms with Gasteiger partial charge < -0.3 is 14.8 Å². The molecular formula is C26H37ClN4O2. The van der Waals surface area contributed by atoms with Gasteiger partial charge in [0.05, 0.1) is 21.8 Å². The number of piperazine rings is 1. The van der Waals surface area contributed by atoms with Crippen LogP contribution in [-0.4, -0.2) is 60.4 Å². The average Bonchev–Trinajstić information content (AvgIpc) is 3.07. The van der Waals surface area contributed by atoms with Gasteiger partial charge in [0, 0.05) is 63.6 Å². The number of Topliss-reactive ketones (excluding diaryl/α,β-unsaturated/α-hetero) is 1. The third-order valence-electron chi connectivity index (χ3n) is 6.62. The first kappa shape index (κ1) is 25.3. The maximum atomic E-state index is 13.1. The van der Waals surface area contributed by atoms with Crippen molar-refractivity contribution in [2.24, 2.45) is 0 Å². The van der Waals surface area contributed by atoms with E-state index in [0.29, 0.717) is 24.1 Å². The first-order valence-electron chi connectivity index (χ1n) is 12.1. The fourth-order valence-corrected chi connectivity index (χ4v) is 4.92. The van der Waals surface area contributed by atoms with E-state index >= 15 is 0 Å². The number of nitrogens with one attached hydrogen (secondary N) is 1. The predicted octanol–water partition coefficient (Wildman–Crippen LogP) is 4.70. The van der Waals surface area contributed by atoms with Gasteiger partial charge in [-0.15, -0.1) is 0 Å². The molecule has 6 nitrogen and oxygen atoms in total. The van der Waals surface area contributed by atoms with E-state index in [4.69, 9.17) is 11.6 Å². The summed E-state index contributed by atoms with van der Waals surface area (Å²) < 4.78 is 2.13. The maximum Gasteiger partial charge on any atom is 0.253 e. The lowest BCUT2D eigenvalue weighted by molar-refractivity contribution is 0.0928. The smallest absolute Gasteiger partial charge is 0.253 e. The Morgan fingerprint density at radius 2 is 1.64 bits per heavy atom. The van der Waals surface area contributed by atoms with Crippen molar-refractivity contribution in [3.8, 4) is 0 Å². The van der Waals surface area contributed by atoms with Crippen LogP contribution in [-0.2, 0) is 6.54 Å². The lowest BCUT2D eigenvalue weighted by atomic mass is 10.0. The number of amides is 1. The molecule has 180 valence electrons. The van der Waals surface area contributed by atoms with Crippen LogP contribution < -0.4 is 10.2 Å². The Bertz CT molecular complexity index is 977. The second kappa shape index (κ2) is 11.7. The fourth-order valence-electron chi connectivity index (χ4n) is 4.67. The first-order valence-corrected chi connectivity index (χ1v) is 12.5. The van der Waals surface area contributed by atoms with Crippen molar-refractivity contribution >= 4 is 29.0 Å². The van der Waals surface area contributed by atoms with E-state index < -0.39 is 0 Å². The molecular weight excluding hydrogens is 436 g/mol. The van der Waals surface area contributed by atoms with Crippen molar-refractivity contribution in [2.45, 2.75) is 53.5 Å². The molecule has 0 aliphatic carbocycles. The molecule has 1 fully saturated rings. The zero-order valence-electron chi connectivity index (χ0n) is 20.4. The van der Waals surface area contributed by atoms with Crippen LogP contribution in [0.2, 0.25) is 5.02 Å². The summed E-state index contributed by atoms with van der Waals surface area (Å²) in [6.45, 7) is 13.8. The third-order valence-corrected chi connectivity index (χ3v) is 6.94. The molecule has 0 saturated carbocycles. The summed E-state index contributed by atoms with van der Waals surface area (Å²) in [6.07, 6.45) is 2.49. The van der Waals surface area contributed by atoms with Crippen molar-refractivity contribution in [1.29, 1.82) is 0 Å². The first-order chi connectivity index (χ1) is 15.9. The molecule has 0 unspecified atom stereocenters. The minimum Gasteiger partial charge on any atom is -0.368 e. The molecule has 1 saturated heterocycles. The number of carbonyl (C=O) groups excluding carboxylic acids is 2. The molecule has 1 aromatic heterocycles. The minimum atomic E-state index is -0.141. The summed E-state index contributed by atoms with van der Waals surface area (Å²) in [5, 5.41) is 3.86. The normalized spacial score (nSPS) is 14.5. The molecule has 2 heterocycles. The maximum absolute atomic E-state index is 13.1. The Balaban J connectivity index is 1.59. The van der Waals surface area contributed by atoms with Crippen LogP contribution in [0, 0.1) is 13.8 Å². The number of hydrogen-bond acceptors (Lipinski definition) is 4. The SMILES string of the molecule is CCCCn1c(C)c(C(=O)CC)c(C(=O)NCCN2CCN(c3ccccc3Cl)CC2)c1C. The monoisotopic (exact) mass is 472 g/mol. The van der Waals surface area contributed by atoms with E-state index in [9.17, 15) is 9.59 Å². The van der Waals surface area contributed by atoms with Gasteiger partial charge in [-0.25, -0.2) is 0 Å². The third kappa shape index (κ3) is 5.79. The largest absolute Gasteiger partial charge is 0.368 e. The number of nitrogens with zero attached hydrogens (tertiary/aromatic N) is 3. The predicted molar refractivity (Wildman–Crippen MR) is 136 cm³/mol. The van der Waals surface area contributed by atoms with E-state index in [1.807, 2.05) is 39.0 Å². The lowest BCUT2D eigenvalue weighted by Crippen LogP contribution is -2.48. The molecule has 7 heteroatoms. The van der Waals surface area contributed by atoms with Crippen molar-refractivity contribution in [2.75, 3.05) is 44.2 Å². The number of anilines is 1. The summed E-state index contributed by atoms with van der Waals surface area (Å²) in [6, 6.07) is 7.95. The minimum absolute atomic E-state index is 0.0340. The van der Waals surface area contributed by atoms with Crippen LogP contribution in [0.4, 0.5) is 5.69 Å². The number of benzene rings is 1. The Labute approximate surface area is 202 Å². The van der Waals surface area contributed by atoms with E-state index in [0.717, 1.165) is 74.2 Å². The number of para-hydroxylation sites is 1. The highest BCUT2D eigenvalue weighted by Crippen LogP contribution is 2.26. The van der Waals surface area contributed by atoms with Gasteiger partial charge in [-0.05, 0) is 32.4 Å². The number of halogens is 1. The zero-order valence-corrected chi connectivity index (χ0v) is 21.2. The van der Waals surface area contributed by atoms with E-state index in [-0.39, 0.29) is 11.7 Å². The Morgan fingerprint density at radius 3 is 2.27 bits per heavy atom. The van der Waals surface area contributed by atoms with Gasteiger partial charge >= 0.3 is 0 Å². The van der Waals surface area contributed by atoms with Crippen LogP contribution in [0.25, 0.3) is 0 Å². The van der Waals surface area contributed by atoms with Crippen LogP contribution in [0.1, 0.15) is 65.2 Å². The Morgan fingerprint density at radius 1 is 0.970 bits per heavy atom. The Hall–Kier alpha value is -2.31. The van der Waals surface area contributed by atoms with Crippen LogP contribution in [0.15, 0.2) is 24.3 Å². The summed E-state index contributed by atoms with van der Waals surface area (Å²) in [5.41, 5.74) is 4.03. The van der Waals surface area contributed by atoms with Gasteiger partial charge in [0.1, 0.15) is 0 Å². The molecule has 1 aliphatic heterocycles. The molecule has 1 N–H and O–H groups in total. The van der Waals surface area contributed by atoms with Crippen LogP contribution in [0.3, 0.4) is 0 Å². The number of carbonyl (C=O) groups is 2. The van der Waals surface area contributed by atoms with Gasteiger partial charge in [0.15, 0.2) is 5.78 Å². The highest BCUT2D eigenvalue weighted by molar-refractivity contribution is 6.33. The number of ketones is 1. The molecule has 1 aliphatic rings. The van der Waals surface area contributed by atoms with Gasteiger partial charge in [0.2, 0.25) is 0 Å². The second-order valence-corrected chi connectivity index (χ2v) is 9.15. The van der Waals surface area contributed by atoms with E-state index in [1.54, 1.807) is 0 Å². The topological polar surface area (TPSA) is 57.6 Å². The van der Waals surface area contributed by atoms with Crippen molar-refractivity contribution in [3.63, 3.8) is 0 Å². The van der Waals surface area contributed by atoms with Crippen molar-refractivity contribution in [1.82, 2.24) is 14.8 Å². The Kier molecular flexibility index (Phi) is 8.98. The van der Waals surface area contributed by atoms with E-state index in [1.165, 1.54) is 0 Å². The number of aromatic nitrogens is 1. The highest BCUT2D eigenvalue weighted by Gasteiger charge is 2.26. The van der Waals surface area contributed by atoms with Crippen molar-refractivity contribution < 1.29 is 9.59 Å². The molecule has 1 amide bonds. The van der Waals surface area contributed by atoms with Gasteiger partial charge in [0.25, 0.3) is 5.91 Å². The number of hydrogen-bond donors (Lipinski definition) is 1. The molecule has 2 aromatic rings. The molecule has 0 radical (unpaired) electrons. The van der Waals surface area contributed by atoms with Crippen LogP contribution in [0.5, 0.6) is 0 Å². The molecule has 1 aromatic carbocycles. The highest BCUT2D eigenvalue weighted by atomic mass is 35.5. The molecule has 0 bridgehead atoms. The summed E-state index contributed by atoms with van der Waals surface area (Å²) in [4.78, 5) is 30.5. The van der Waals surface area contributed by atoms with Gasteiger partial charge in [-0.2, -0.15) is 0 Å². The lowest BCUT2D eigenvalue weighted by Gasteiger charge is -2.36. The van der Waals surface area contributed by atoms with Gasteiger partial charge in [-0.1, -0.05) is 44.0 Å². The van der Waals surface area contributed by atoms with Crippen LogP contribution >= 0.6 is 11.6 Å². The molecule has 3 rings (SSSR count). The molecule has 33 heavy (non-hydrogen) atoms. The summed E-state index contributed by atoms with van der Waals surface area (Å²) in [5.74, 6) is -0.107. The van der Waals surface area contributed by atoms with Crippen molar-refractivity contribution in [3.05, 3.63) is 51.8 Å². The van der Waals surface area contributed by atoms with E-state index in [2.05, 4.69) is 32.7 Å². The quantitative estimate of drug-likeness (QED) is 0.509. The number of unbranched alkanes of at least 4 members (excludes halogenated alkanes) is 1. The summed E-state index contributed by atoms with van der Waals surface area (Å²) >= 11 is 6.34. The second-order valence-electron chi connectivity index (χ2n) is 8.74. The molecule has 0 spiro atoms. The molecule has 0 atom stereocenters.